The average molecular weight is 542 g/mol. The fourth-order valence-electron chi connectivity index (χ4n) is 4.72. The summed E-state index contributed by atoms with van der Waals surface area (Å²) in [6.45, 7) is 12.6. The van der Waals surface area contributed by atoms with Crippen LogP contribution < -0.4 is 14.4 Å². The summed E-state index contributed by atoms with van der Waals surface area (Å²) in [4.78, 5) is 19.7. The smallest absolute Gasteiger partial charge is 0.324 e. The molecule has 218 valence electrons. The van der Waals surface area contributed by atoms with Crippen LogP contribution in [-0.4, -0.2) is 69.9 Å². The van der Waals surface area contributed by atoms with Crippen LogP contribution in [0.3, 0.4) is 0 Å². The lowest BCUT2D eigenvalue weighted by atomic mass is 10.1. The topological polar surface area (TPSA) is 54.5 Å². The van der Waals surface area contributed by atoms with Gasteiger partial charge in [0.2, 0.25) is 0 Å². The monoisotopic (exact) mass is 541 g/mol. The fraction of sp³-hybridized carbons (Fsp3) is 0.594. The summed E-state index contributed by atoms with van der Waals surface area (Å²) < 4.78 is 15.8. The summed E-state index contributed by atoms with van der Waals surface area (Å²) in [6.07, 6.45) is 6.70. The van der Waals surface area contributed by atoms with Gasteiger partial charge in [-0.25, -0.2) is 4.79 Å². The van der Waals surface area contributed by atoms with Crippen LogP contribution in [0.5, 0.6) is 11.5 Å². The van der Waals surface area contributed by atoms with Gasteiger partial charge in [-0.1, -0.05) is 64.3 Å². The number of methoxy groups -OCH3 is 2. The van der Waals surface area contributed by atoms with Gasteiger partial charge in [-0.2, -0.15) is 0 Å². The predicted octanol–water partition coefficient (Wildman–Crippen LogP) is 6.98. The molecule has 1 heterocycles. The van der Waals surface area contributed by atoms with Gasteiger partial charge in [0.1, 0.15) is 0 Å². The van der Waals surface area contributed by atoms with Crippen LogP contribution >= 0.6 is 0 Å². The normalized spacial score (nSPS) is 13.4. The molecule has 2 aromatic rings. The molecule has 1 aliphatic rings. The molecule has 0 saturated carbocycles. The zero-order valence-corrected chi connectivity index (χ0v) is 25.2. The van der Waals surface area contributed by atoms with Crippen molar-refractivity contribution in [2.75, 3.05) is 59.0 Å². The number of nitrogens with zero attached hydrogens (tertiary/aromatic N) is 3. The molecule has 0 radical (unpaired) electrons. The quantitative estimate of drug-likeness (QED) is 0.228. The third kappa shape index (κ3) is 10.7. The van der Waals surface area contributed by atoms with Gasteiger partial charge in [-0.05, 0) is 55.6 Å². The molecule has 2 amide bonds. The predicted molar refractivity (Wildman–Crippen MR) is 161 cm³/mol. The number of unbranched alkanes of at least 4 members (excludes halogenated alkanes) is 3. The Hall–Kier alpha value is -2.77. The minimum Gasteiger partial charge on any atom is -0.493 e. The molecule has 2 aromatic carbocycles. The van der Waals surface area contributed by atoms with Crippen LogP contribution in [0.2, 0.25) is 0 Å². The van der Waals surface area contributed by atoms with E-state index in [1.165, 1.54) is 30.4 Å². The number of hydrogen-bond donors (Lipinski definition) is 0. The highest BCUT2D eigenvalue weighted by atomic mass is 16.5. The van der Waals surface area contributed by atoms with Crippen molar-refractivity contribution in [3.05, 3.63) is 53.6 Å². The van der Waals surface area contributed by atoms with E-state index in [-0.39, 0.29) is 6.03 Å². The molecule has 3 rings (SSSR count). The lowest BCUT2D eigenvalue weighted by Crippen LogP contribution is -2.49. The van der Waals surface area contributed by atoms with Gasteiger partial charge in [0, 0.05) is 52.2 Å². The number of rotatable bonds is 15. The lowest BCUT2D eigenvalue weighted by molar-refractivity contribution is 0.192. The first-order chi connectivity index (χ1) is 19.0. The number of hydrogen-bond acceptors (Lipinski definition) is 5. The highest BCUT2D eigenvalue weighted by molar-refractivity contribution is 5.93. The molecule has 1 fully saturated rings. The van der Waals surface area contributed by atoms with Gasteiger partial charge in [-0.15, -0.1) is 0 Å². The number of anilines is 1. The molecule has 7 heteroatoms. The Morgan fingerprint density at radius 1 is 0.846 bits per heavy atom. The van der Waals surface area contributed by atoms with Crippen LogP contribution in [0.1, 0.15) is 70.4 Å². The third-order valence-electron chi connectivity index (χ3n) is 6.82. The van der Waals surface area contributed by atoms with Crippen molar-refractivity contribution in [3.63, 3.8) is 0 Å². The zero-order valence-electron chi connectivity index (χ0n) is 25.2. The SMILES string of the molecule is CCCCCCOc1cc(N2CCCN(Cc3ccc(CN(CC)CCC)cc3)C2=O)ccc1OC.COC. The van der Waals surface area contributed by atoms with Crippen molar-refractivity contribution in [2.45, 2.75) is 72.4 Å². The summed E-state index contributed by atoms with van der Waals surface area (Å²) in [6, 6.07) is 14.6. The molecule has 0 bridgehead atoms. The molecule has 1 aliphatic heterocycles. The highest BCUT2D eigenvalue weighted by Gasteiger charge is 2.27. The summed E-state index contributed by atoms with van der Waals surface area (Å²) in [5.74, 6) is 1.41. The number of carbonyl (C=O) groups excluding carboxylic acids is 1. The number of ether oxygens (including phenoxy) is 3. The van der Waals surface area contributed by atoms with E-state index in [0.717, 1.165) is 51.1 Å². The largest absolute Gasteiger partial charge is 0.493 e. The number of benzene rings is 2. The van der Waals surface area contributed by atoms with E-state index in [1.807, 2.05) is 28.0 Å². The number of urea groups is 1. The molecule has 1 saturated heterocycles. The molecule has 0 aromatic heterocycles. The second-order valence-electron chi connectivity index (χ2n) is 10.0. The Labute approximate surface area is 237 Å². The van der Waals surface area contributed by atoms with E-state index in [1.54, 1.807) is 21.3 Å². The van der Waals surface area contributed by atoms with Gasteiger partial charge < -0.3 is 19.1 Å². The van der Waals surface area contributed by atoms with Gasteiger partial charge >= 0.3 is 6.03 Å². The van der Waals surface area contributed by atoms with Gasteiger partial charge in [-0.3, -0.25) is 9.80 Å². The molecule has 0 atom stereocenters. The third-order valence-corrected chi connectivity index (χ3v) is 6.82. The van der Waals surface area contributed by atoms with Crippen molar-refractivity contribution < 1.29 is 19.0 Å². The van der Waals surface area contributed by atoms with E-state index in [4.69, 9.17) is 9.47 Å². The Kier molecular flexibility index (Phi) is 15.4. The van der Waals surface area contributed by atoms with Crippen molar-refractivity contribution in [3.8, 4) is 11.5 Å². The van der Waals surface area contributed by atoms with E-state index in [9.17, 15) is 4.79 Å². The Morgan fingerprint density at radius 2 is 1.56 bits per heavy atom. The Bertz CT molecular complexity index is 951. The summed E-state index contributed by atoms with van der Waals surface area (Å²) in [7, 11) is 4.90. The lowest BCUT2D eigenvalue weighted by Gasteiger charge is -2.36. The van der Waals surface area contributed by atoms with Crippen LogP contribution in [0.15, 0.2) is 42.5 Å². The molecule has 0 spiro atoms. The first kappa shape index (κ1) is 32.4. The van der Waals surface area contributed by atoms with Crippen molar-refractivity contribution in [1.82, 2.24) is 9.80 Å². The molecule has 39 heavy (non-hydrogen) atoms. The molecular weight excluding hydrogens is 490 g/mol. The van der Waals surface area contributed by atoms with E-state index in [2.05, 4.69) is 54.7 Å². The first-order valence-electron chi connectivity index (χ1n) is 14.6. The molecular formula is C32H51N3O4. The van der Waals surface area contributed by atoms with Crippen LogP contribution in [-0.2, 0) is 17.8 Å². The fourth-order valence-corrected chi connectivity index (χ4v) is 4.72. The second-order valence-corrected chi connectivity index (χ2v) is 10.0. The zero-order chi connectivity index (χ0) is 28.5. The summed E-state index contributed by atoms with van der Waals surface area (Å²) in [5.41, 5.74) is 3.35. The Morgan fingerprint density at radius 3 is 2.21 bits per heavy atom. The van der Waals surface area contributed by atoms with Crippen LogP contribution in [0.4, 0.5) is 10.5 Å². The van der Waals surface area contributed by atoms with E-state index < -0.39 is 0 Å². The molecule has 0 N–H and O–H groups in total. The van der Waals surface area contributed by atoms with Gasteiger partial charge in [0.05, 0.1) is 13.7 Å². The summed E-state index contributed by atoms with van der Waals surface area (Å²) in [5, 5.41) is 0. The highest BCUT2D eigenvalue weighted by Crippen LogP contribution is 2.33. The van der Waals surface area contributed by atoms with E-state index >= 15 is 0 Å². The maximum Gasteiger partial charge on any atom is 0.324 e. The molecule has 0 unspecified atom stereocenters. The standard InChI is InChI=1S/C30H45N3O3.C2H6O/c1-5-8-9-10-21-36-29-22-27(16-17-28(29)35-4)33-20-11-19-32(30(33)34)24-26-14-12-25(13-15-26)23-31(7-3)18-6-2;1-3-2/h12-17,22H,5-11,18-21,23-24H2,1-4H3;1-2H3. The number of amides is 2. The van der Waals surface area contributed by atoms with Gasteiger partial charge in [0.25, 0.3) is 0 Å². The van der Waals surface area contributed by atoms with Crippen LogP contribution in [0.25, 0.3) is 0 Å². The maximum atomic E-state index is 13.4. The first-order valence-corrected chi connectivity index (χ1v) is 14.6. The van der Waals surface area contributed by atoms with E-state index in [0.29, 0.717) is 31.2 Å². The molecule has 0 aliphatic carbocycles. The van der Waals surface area contributed by atoms with Crippen molar-refractivity contribution >= 4 is 11.7 Å². The summed E-state index contributed by atoms with van der Waals surface area (Å²) >= 11 is 0. The Balaban J connectivity index is 0.00000170. The average Bonchev–Trinajstić information content (AvgIpc) is 2.95. The van der Waals surface area contributed by atoms with Crippen molar-refractivity contribution in [1.29, 1.82) is 0 Å². The second kappa shape index (κ2) is 18.5. The number of carbonyl (C=O) groups is 1. The maximum absolute atomic E-state index is 13.4. The minimum absolute atomic E-state index is 0.0458. The molecule has 7 nitrogen and oxygen atoms in total. The van der Waals surface area contributed by atoms with Gasteiger partial charge in [0.15, 0.2) is 11.5 Å². The van der Waals surface area contributed by atoms with Crippen LogP contribution in [0, 0.1) is 0 Å². The minimum atomic E-state index is 0.0458. The van der Waals surface area contributed by atoms with Crippen molar-refractivity contribution in [2.24, 2.45) is 0 Å².